The summed E-state index contributed by atoms with van der Waals surface area (Å²) < 4.78 is 5.58. The molecule has 0 saturated carbocycles. The Morgan fingerprint density at radius 2 is 1.90 bits per heavy atom. The van der Waals surface area contributed by atoms with E-state index < -0.39 is 4.92 Å². The third-order valence-electron chi connectivity index (χ3n) is 2.46. The van der Waals surface area contributed by atoms with Gasteiger partial charge in [-0.25, -0.2) is 0 Å². The van der Waals surface area contributed by atoms with Crippen LogP contribution in [-0.2, 0) is 4.79 Å². The van der Waals surface area contributed by atoms with Crippen molar-refractivity contribution in [1.82, 2.24) is 0 Å². The van der Waals surface area contributed by atoms with E-state index in [2.05, 4.69) is 5.32 Å². The lowest BCUT2D eigenvalue weighted by Gasteiger charge is -2.11. The summed E-state index contributed by atoms with van der Waals surface area (Å²) in [7, 11) is 0. The van der Waals surface area contributed by atoms with Gasteiger partial charge in [0.1, 0.15) is 5.75 Å². The van der Waals surface area contributed by atoms with Crippen molar-refractivity contribution in [3.63, 3.8) is 0 Å². The zero-order valence-electron chi connectivity index (χ0n) is 10.7. The second-order valence-corrected chi connectivity index (χ2v) is 4.03. The molecule has 0 heterocycles. The molecule has 0 saturated heterocycles. The summed E-state index contributed by atoms with van der Waals surface area (Å²) in [5.74, 6) is 0.469. The Morgan fingerprint density at radius 3 is 2.50 bits per heavy atom. The average molecular weight is 272 g/mol. The maximum Gasteiger partial charge on any atom is 0.273 e. The van der Waals surface area contributed by atoms with Gasteiger partial charge in [0.25, 0.3) is 5.69 Å². The molecule has 0 bridgehead atoms. The van der Waals surface area contributed by atoms with Gasteiger partial charge < -0.3 is 10.1 Å². The first-order chi connectivity index (χ1) is 9.56. The molecule has 102 valence electrons. The molecule has 0 aliphatic heterocycles. The number of benzene rings is 2. The quantitative estimate of drug-likeness (QED) is 0.683. The van der Waals surface area contributed by atoms with Gasteiger partial charge in [0.15, 0.2) is 5.75 Å². The van der Waals surface area contributed by atoms with E-state index in [-0.39, 0.29) is 17.3 Å². The minimum Gasteiger partial charge on any atom is -0.455 e. The predicted octanol–water partition coefficient (Wildman–Crippen LogP) is 3.35. The van der Waals surface area contributed by atoms with Gasteiger partial charge in [0, 0.05) is 13.0 Å². The van der Waals surface area contributed by atoms with E-state index in [4.69, 9.17) is 4.74 Å². The Kier molecular flexibility index (Phi) is 3.95. The highest BCUT2D eigenvalue weighted by Crippen LogP contribution is 2.33. The molecular weight excluding hydrogens is 260 g/mol. The number of nitrogens with zero attached hydrogens (tertiary/aromatic N) is 1. The van der Waals surface area contributed by atoms with Crippen molar-refractivity contribution in [3.8, 4) is 11.5 Å². The first-order valence-electron chi connectivity index (χ1n) is 5.85. The molecule has 2 aromatic rings. The van der Waals surface area contributed by atoms with E-state index in [1.165, 1.54) is 25.1 Å². The highest BCUT2D eigenvalue weighted by Gasteiger charge is 2.13. The van der Waals surface area contributed by atoms with Gasteiger partial charge in [-0.15, -0.1) is 0 Å². The Balaban J connectivity index is 2.38. The zero-order valence-corrected chi connectivity index (χ0v) is 10.7. The summed E-state index contributed by atoms with van der Waals surface area (Å²) in [5, 5.41) is 13.4. The number of hydrogen-bond donors (Lipinski definition) is 1. The second-order valence-electron chi connectivity index (χ2n) is 4.03. The average Bonchev–Trinajstić information content (AvgIpc) is 2.41. The van der Waals surface area contributed by atoms with Crippen molar-refractivity contribution in [3.05, 3.63) is 58.6 Å². The first-order valence-corrected chi connectivity index (χ1v) is 5.85. The molecule has 1 N–H and O–H groups in total. The molecule has 20 heavy (non-hydrogen) atoms. The van der Waals surface area contributed by atoms with Crippen LogP contribution >= 0.6 is 0 Å². The van der Waals surface area contributed by atoms with Gasteiger partial charge in [0.05, 0.1) is 16.7 Å². The molecule has 1 amide bonds. The normalized spacial score (nSPS) is 9.85. The van der Waals surface area contributed by atoms with E-state index in [9.17, 15) is 14.9 Å². The number of nitro benzene ring substituents is 1. The minimum atomic E-state index is -0.518. The number of nitro groups is 1. The van der Waals surface area contributed by atoms with Crippen LogP contribution in [0.1, 0.15) is 6.92 Å². The van der Waals surface area contributed by atoms with Crippen LogP contribution in [0.3, 0.4) is 0 Å². The van der Waals surface area contributed by atoms with Gasteiger partial charge in [0.2, 0.25) is 5.91 Å². The summed E-state index contributed by atoms with van der Waals surface area (Å²) in [6.07, 6.45) is 0. The van der Waals surface area contributed by atoms with E-state index in [1.54, 1.807) is 24.3 Å². The fourth-order valence-corrected chi connectivity index (χ4v) is 1.62. The molecule has 0 unspecified atom stereocenters. The van der Waals surface area contributed by atoms with Crippen LogP contribution in [-0.4, -0.2) is 10.8 Å². The highest BCUT2D eigenvalue weighted by atomic mass is 16.6. The summed E-state index contributed by atoms with van der Waals surface area (Å²) in [6, 6.07) is 12.9. The van der Waals surface area contributed by atoms with E-state index in [0.717, 1.165) is 0 Å². The number of para-hydroxylation sites is 1. The number of hydrogen-bond acceptors (Lipinski definition) is 4. The number of nitrogens with one attached hydrogen (secondary N) is 1. The van der Waals surface area contributed by atoms with E-state index in [0.29, 0.717) is 11.4 Å². The van der Waals surface area contributed by atoms with Crippen LogP contribution in [0, 0.1) is 10.1 Å². The number of carbonyl (C=O) groups excluding carboxylic acids is 1. The first kappa shape index (κ1) is 13.5. The minimum absolute atomic E-state index is 0.106. The van der Waals surface area contributed by atoms with Crippen LogP contribution < -0.4 is 10.1 Å². The summed E-state index contributed by atoms with van der Waals surface area (Å²) >= 11 is 0. The van der Waals surface area contributed by atoms with Crippen LogP contribution in [0.2, 0.25) is 0 Å². The molecule has 0 radical (unpaired) electrons. The molecular formula is C14H12N2O4. The third-order valence-corrected chi connectivity index (χ3v) is 2.46. The Labute approximate surface area is 115 Å². The molecule has 6 heteroatoms. The van der Waals surface area contributed by atoms with Crippen molar-refractivity contribution in [2.24, 2.45) is 0 Å². The van der Waals surface area contributed by atoms with Crippen molar-refractivity contribution in [2.45, 2.75) is 6.92 Å². The standard InChI is InChI=1S/C14H12N2O4/c1-10(17)15-13-8-7-11(16(18)19)9-14(13)20-12-5-3-2-4-6-12/h2-9H,1H3,(H,15,17). The number of rotatable bonds is 4. The van der Waals surface area contributed by atoms with Crippen LogP contribution in [0.4, 0.5) is 11.4 Å². The summed E-state index contributed by atoms with van der Waals surface area (Å²) in [6.45, 7) is 1.35. The van der Waals surface area contributed by atoms with Crippen molar-refractivity contribution in [1.29, 1.82) is 0 Å². The molecule has 0 aliphatic carbocycles. The third kappa shape index (κ3) is 3.32. The lowest BCUT2D eigenvalue weighted by molar-refractivity contribution is -0.384. The SMILES string of the molecule is CC(=O)Nc1ccc([N+](=O)[O-])cc1Oc1ccccc1. The smallest absolute Gasteiger partial charge is 0.273 e. The fourth-order valence-electron chi connectivity index (χ4n) is 1.62. The maximum absolute atomic E-state index is 11.1. The summed E-state index contributed by atoms with van der Waals surface area (Å²) in [5.41, 5.74) is 0.275. The molecule has 2 rings (SSSR count). The van der Waals surface area contributed by atoms with E-state index >= 15 is 0 Å². The van der Waals surface area contributed by atoms with Gasteiger partial charge in [-0.3, -0.25) is 14.9 Å². The number of amides is 1. The van der Waals surface area contributed by atoms with Crippen molar-refractivity contribution < 1.29 is 14.5 Å². The van der Waals surface area contributed by atoms with Gasteiger partial charge in [-0.2, -0.15) is 0 Å². The molecule has 0 atom stereocenters. The molecule has 6 nitrogen and oxygen atoms in total. The lowest BCUT2D eigenvalue weighted by atomic mass is 10.2. The Morgan fingerprint density at radius 1 is 1.20 bits per heavy atom. The second kappa shape index (κ2) is 5.83. The van der Waals surface area contributed by atoms with Gasteiger partial charge in [-0.05, 0) is 18.2 Å². The van der Waals surface area contributed by atoms with E-state index in [1.807, 2.05) is 6.07 Å². The zero-order chi connectivity index (χ0) is 14.5. The van der Waals surface area contributed by atoms with Crippen LogP contribution in [0.15, 0.2) is 48.5 Å². The molecule has 0 aromatic heterocycles. The van der Waals surface area contributed by atoms with Crippen molar-refractivity contribution >= 4 is 17.3 Å². The Hall–Kier alpha value is -2.89. The van der Waals surface area contributed by atoms with Gasteiger partial charge >= 0.3 is 0 Å². The fraction of sp³-hybridized carbons (Fsp3) is 0.0714. The number of anilines is 1. The molecule has 0 aliphatic rings. The van der Waals surface area contributed by atoms with Crippen LogP contribution in [0.5, 0.6) is 11.5 Å². The summed E-state index contributed by atoms with van der Waals surface area (Å²) in [4.78, 5) is 21.4. The van der Waals surface area contributed by atoms with Crippen molar-refractivity contribution in [2.75, 3.05) is 5.32 Å². The number of carbonyl (C=O) groups is 1. The monoisotopic (exact) mass is 272 g/mol. The molecule has 0 fully saturated rings. The maximum atomic E-state index is 11.1. The predicted molar refractivity (Wildman–Crippen MR) is 73.9 cm³/mol. The molecule has 0 spiro atoms. The molecule has 2 aromatic carbocycles. The van der Waals surface area contributed by atoms with Gasteiger partial charge in [-0.1, -0.05) is 18.2 Å². The van der Waals surface area contributed by atoms with Crippen LogP contribution in [0.25, 0.3) is 0 Å². The highest BCUT2D eigenvalue weighted by molar-refractivity contribution is 5.90. The lowest BCUT2D eigenvalue weighted by Crippen LogP contribution is -2.07. The number of ether oxygens (including phenoxy) is 1. The topological polar surface area (TPSA) is 81.5 Å². The number of non-ortho nitro benzene ring substituents is 1. The largest absolute Gasteiger partial charge is 0.455 e. The Bertz CT molecular complexity index is 641.